The molecule has 0 bridgehead atoms. The SMILES string of the molecule is CC(C)C[C@H](CC(=O)[C@H](Cc1ccc(I)cc1)NC(=O)[C@@H]1CC=CC[C@H](N)C(=O)N[C@@H](CCCCN)C(=O)N[C@@H](CCCCN)C(=O)N1)C(=O)O. The van der Waals surface area contributed by atoms with E-state index in [4.69, 9.17) is 17.2 Å². The molecule has 51 heavy (non-hydrogen) atoms. The second-order valence-electron chi connectivity index (χ2n) is 13.5. The van der Waals surface area contributed by atoms with Crippen LogP contribution in [-0.2, 0) is 35.2 Å². The minimum absolute atomic E-state index is 0.00731. The lowest BCUT2D eigenvalue weighted by Gasteiger charge is -2.27. The summed E-state index contributed by atoms with van der Waals surface area (Å²) in [5.74, 6) is -4.79. The number of nitrogens with one attached hydrogen (secondary N) is 4. The van der Waals surface area contributed by atoms with Gasteiger partial charge in [0.05, 0.1) is 18.0 Å². The highest BCUT2D eigenvalue weighted by molar-refractivity contribution is 14.1. The summed E-state index contributed by atoms with van der Waals surface area (Å²) < 4.78 is 0.979. The average molecular weight is 826 g/mol. The molecule has 2 rings (SSSR count). The second-order valence-corrected chi connectivity index (χ2v) is 14.8. The predicted octanol–water partition coefficient (Wildman–Crippen LogP) is 1.41. The lowest BCUT2D eigenvalue weighted by molar-refractivity contribution is -0.144. The van der Waals surface area contributed by atoms with E-state index in [-0.39, 0.29) is 44.4 Å². The molecule has 1 aliphatic heterocycles. The van der Waals surface area contributed by atoms with Gasteiger partial charge in [-0.25, -0.2) is 0 Å². The number of unbranched alkanes of at least 4 members (excludes halogenated alkanes) is 2. The molecule has 1 aliphatic rings. The molecule has 0 fully saturated rings. The number of aliphatic carboxylic acids is 1. The van der Waals surface area contributed by atoms with Crippen molar-refractivity contribution in [2.24, 2.45) is 29.0 Å². The van der Waals surface area contributed by atoms with Gasteiger partial charge in [0.25, 0.3) is 0 Å². The van der Waals surface area contributed by atoms with Crippen molar-refractivity contribution >= 4 is 58.0 Å². The molecule has 15 heteroatoms. The molecule has 11 N–H and O–H groups in total. The van der Waals surface area contributed by atoms with Crippen molar-refractivity contribution in [2.45, 2.75) is 115 Å². The van der Waals surface area contributed by atoms with Crippen LogP contribution in [0, 0.1) is 15.4 Å². The third kappa shape index (κ3) is 16.2. The van der Waals surface area contributed by atoms with E-state index in [1.54, 1.807) is 12.2 Å². The zero-order valence-electron chi connectivity index (χ0n) is 29.7. The molecular formula is C36H56IN7O7. The summed E-state index contributed by atoms with van der Waals surface area (Å²) in [5, 5.41) is 20.9. The smallest absolute Gasteiger partial charge is 0.306 e. The Morgan fingerprint density at radius 3 is 1.96 bits per heavy atom. The molecular weight excluding hydrogens is 769 g/mol. The van der Waals surface area contributed by atoms with Crippen LogP contribution < -0.4 is 38.5 Å². The largest absolute Gasteiger partial charge is 0.481 e. The fourth-order valence-electron chi connectivity index (χ4n) is 5.76. The highest BCUT2D eigenvalue weighted by Crippen LogP contribution is 2.19. The molecule has 1 aromatic rings. The molecule has 1 aromatic carbocycles. The lowest BCUT2D eigenvalue weighted by atomic mass is 9.89. The average Bonchev–Trinajstić information content (AvgIpc) is 3.08. The number of carbonyl (C=O) groups is 6. The monoisotopic (exact) mass is 825 g/mol. The van der Waals surface area contributed by atoms with Gasteiger partial charge in [0.1, 0.15) is 18.1 Å². The van der Waals surface area contributed by atoms with E-state index in [1.165, 1.54) is 0 Å². The molecule has 284 valence electrons. The molecule has 1 heterocycles. The number of rotatable bonds is 18. The van der Waals surface area contributed by atoms with Crippen LogP contribution in [0.5, 0.6) is 0 Å². The van der Waals surface area contributed by atoms with Crippen molar-refractivity contribution in [3.05, 3.63) is 45.6 Å². The van der Waals surface area contributed by atoms with E-state index >= 15 is 0 Å². The van der Waals surface area contributed by atoms with E-state index in [0.717, 1.165) is 9.13 Å². The summed E-state index contributed by atoms with van der Waals surface area (Å²) in [6.07, 6.45) is 6.28. The van der Waals surface area contributed by atoms with Gasteiger partial charge in [-0.3, -0.25) is 28.8 Å². The van der Waals surface area contributed by atoms with Gasteiger partial charge in [0.2, 0.25) is 23.6 Å². The van der Waals surface area contributed by atoms with Crippen molar-refractivity contribution in [3.63, 3.8) is 0 Å². The summed E-state index contributed by atoms with van der Waals surface area (Å²) in [5.41, 5.74) is 18.2. The Hall–Kier alpha value is -3.41. The van der Waals surface area contributed by atoms with Crippen molar-refractivity contribution in [3.8, 4) is 0 Å². The third-order valence-corrected chi connectivity index (χ3v) is 9.39. The lowest BCUT2D eigenvalue weighted by Crippen LogP contribution is -2.58. The number of nitrogens with two attached hydrogens (primary N) is 3. The molecule has 14 nitrogen and oxygen atoms in total. The number of benzene rings is 1. The van der Waals surface area contributed by atoms with E-state index in [1.807, 2.05) is 38.1 Å². The van der Waals surface area contributed by atoms with Crippen LogP contribution in [0.25, 0.3) is 0 Å². The van der Waals surface area contributed by atoms with Gasteiger partial charge in [-0.2, -0.15) is 0 Å². The van der Waals surface area contributed by atoms with Gasteiger partial charge in [-0.05, 0) is 124 Å². The zero-order valence-corrected chi connectivity index (χ0v) is 31.9. The maximum absolute atomic E-state index is 14.0. The van der Waals surface area contributed by atoms with Gasteiger partial charge in [-0.1, -0.05) is 38.1 Å². The van der Waals surface area contributed by atoms with Crippen LogP contribution in [-0.4, -0.2) is 83.8 Å². The number of amides is 4. The summed E-state index contributed by atoms with van der Waals surface area (Å²) in [6.45, 7) is 4.54. The molecule has 4 amide bonds. The highest BCUT2D eigenvalue weighted by Gasteiger charge is 2.33. The zero-order chi connectivity index (χ0) is 37.9. The second kappa shape index (κ2) is 23.2. The fraction of sp³-hybridized carbons (Fsp3) is 0.611. The van der Waals surface area contributed by atoms with Crippen molar-refractivity contribution in [1.82, 2.24) is 21.3 Å². The summed E-state index contributed by atoms with van der Waals surface area (Å²) >= 11 is 2.16. The first-order valence-corrected chi connectivity index (χ1v) is 18.9. The Balaban J connectivity index is 2.43. The van der Waals surface area contributed by atoms with E-state index in [2.05, 4.69) is 43.9 Å². The topological polar surface area (TPSA) is 249 Å². The van der Waals surface area contributed by atoms with E-state index in [0.29, 0.717) is 45.2 Å². The number of carboxylic acids is 1. The first kappa shape index (κ1) is 43.8. The molecule has 0 radical (unpaired) electrons. The minimum Gasteiger partial charge on any atom is -0.481 e. The number of carbonyl (C=O) groups excluding carboxylic acids is 5. The van der Waals surface area contributed by atoms with Gasteiger partial charge in [-0.15, -0.1) is 0 Å². The Morgan fingerprint density at radius 1 is 0.863 bits per heavy atom. The van der Waals surface area contributed by atoms with Gasteiger partial charge >= 0.3 is 5.97 Å². The molecule has 0 aliphatic carbocycles. The molecule has 0 unspecified atom stereocenters. The molecule has 0 aromatic heterocycles. The Morgan fingerprint density at radius 2 is 1.41 bits per heavy atom. The van der Waals surface area contributed by atoms with Gasteiger partial charge < -0.3 is 43.6 Å². The third-order valence-electron chi connectivity index (χ3n) is 8.67. The van der Waals surface area contributed by atoms with Crippen LogP contribution in [0.4, 0.5) is 0 Å². The predicted molar refractivity (Wildman–Crippen MR) is 203 cm³/mol. The number of hydrogen-bond acceptors (Lipinski definition) is 9. The summed E-state index contributed by atoms with van der Waals surface area (Å²) in [7, 11) is 0. The first-order valence-electron chi connectivity index (χ1n) is 17.8. The molecule has 0 saturated heterocycles. The molecule has 0 saturated carbocycles. The summed E-state index contributed by atoms with van der Waals surface area (Å²) in [4.78, 5) is 79.9. The summed E-state index contributed by atoms with van der Waals surface area (Å²) in [6, 6.07) is 2.18. The van der Waals surface area contributed by atoms with Crippen molar-refractivity contribution < 1.29 is 33.9 Å². The number of hydrogen-bond donors (Lipinski definition) is 8. The quantitative estimate of drug-likeness (QED) is 0.0601. The fourth-order valence-corrected chi connectivity index (χ4v) is 6.12. The number of Topliss-reactive ketones (excluding diaryl/α,β-unsaturated/α-hetero) is 1. The van der Waals surface area contributed by atoms with Crippen LogP contribution in [0.2, 0.25) is 0 Å². The van der Waals surface area contributed by atoms with Crippen LogP contribution in [0.15, 0.2) is 36.4 Å². The normalized spacial score (nSPS) is 21.5. The molecule has 6 atom stereocenters. The Kier molecular flexibility index (Phi) is 19.9. The minimum atomic E-state index is -1.17. The first-order chi connectivity index (χ1) is 24.2. The highest BCUT2D eigenvalue weighted by atomic mass is 127. The van der Waals surface area contributed by atoms with E-state index in [9.17, 15) is 33.9 Å². The van der Waals surface area contributed by atoms with Gasteiger partial charge in [0.15, 0.2) is 5.78 Å². The maximum atomic E-state index is 14.0. The maximum Gasteiger partial charge on any atom is 0.306 e. The van der Waals surface area contributed by atoms with Crippen molar-refractivity contribution in [1.29, 1.82) is 0 Å². The van der Waals surface area contributed by atoms with E-state index < -0.39 is 71.5 Å². The van der Waals surface area contributed by atoms with Gasteiger partial charge in [0, 0.05) is 9.99 Å². The standard InChI is InChI=1S/C36H56IN7O7/c1-22(2)19-24(36(50)51)21-31(45)30(20-23-13-15-25(37)16-14-23)44-35(49)28-10-4-3-9-26(40)32(46)41-27(11-5-7-17-38)33(47)43-29(34(48)42-28)12-6-8-18-39/h3-4,13-16,22,24,26-30H,5-12,17-21,38-40H2,1-2H3,(H,41,46)(H,42,48)(H,43,47)(H,44,49)(H,50,51)/t24-,26+,27+,28+,29+,30+/m1/s1. The molecule has 0 spiro atoms. The van der Waals surface area contributed by atoms with Crippen LogP contribution >= 0.6 is 22.6 Å². The number of carboxylic acid groups (broad SMARTS) is 1. The van der Waals surface area contributed by atoms with Crippen LogP contribution in [0.3, 0.4) is 0 Å². The number of ketones is 1. The number of halogens is 1. The Labute approximate surface area is 314 Å². The van der Waals surface area contributed by atoms with Crippen LogP contribution in [0.1, 0.15) is 83.6 Å². The Bertz CT molecular complexity index is 1340. The van der Waals surface area contributed by atoms with Crippen molar-refractivity contribution in [2.75, 3.05) is 13.1 Å².